The van der Waals surface area contributed by atoms with E-state index in [2.05, 4.69) is 34.4 Å². The van der Waals surface area contributed by atoms with Crippen LogP contribution in [-0.4, -0.2) is 31.9 Å². The first kappa shape index (κ1) is 16.3. The molecule has 1 saturated carbocycles. The van der Waals surface area contributed by atoms with E-state index in [4.69, 9.17) is 4.98 Å². The molecule has 132 valence electrons. The van der Waals surface area contributed by atoms with Gasteiger partial charge in [0.2, 0.25) is 5.91 Å². The zero-order valence-electron chi connectivity index (χ0n) is 15.1. The van der Waals surface area contributed by atoms with E-state index in [-0.39, 0.29) is 12.0 Å². The highest BCUT2D eigenvalue weighted by Crippen LogP contribution is 2.36. The van der Waals surface area contributed by atoms with E-state index in [0.717, 1.165) is 49.6 Å². The molecular weight excluding hydrogens is 312 g/mol. The summed E-state index contributed by atoms with van der Waals surface area (Å²) in [7, 11) is 0. The van der Waals surface area contributed by atoms with Crippen molar-refractivity contribution >= 4 is 5.91 Å². The van der Waals surface area contributed by atoms with Gasteiger partial charge in [0.15, 0.2) is 0 Å². The third kappa shape index (κ3) is 2.96. The van der Waals surface area contributed by atoms with Crippen molar-refractivity contribution in [2.24, 2.45) is 5.92 Å². The number of hydrogen-bond acceptors (Lipinski definition) is 3. The first-order chi connectivity index (χ1) is 12.1. The quantitative estimate of drug-likeness (QED) is 0.851. The van der Waals surface area contributed by atoms with Gasteiger partial charge in [0.25, 0.3) is 0 Å². The smallest absolute Gasteiger partial charge is 0.226 e. The summed E-state index contributed by atoms with van der Waals surface area (Å²) in [5.74, 6) is 2.83. The molecule has 5 heteroatoms. The Morgan fingerprint density at radius 3 is 2.76 bits per heavy atom. The summed E-state index contributed by atoms with van der Waals surface area (Å²) in [4.78, 5) is 24.2. The summed E-state index contributed by atoms with van der Waals surface area (Å²) in [6, 6.07) is 6.25. The van der Waals surface area contributed by atoms with Crippen molar-refractivity contribution in [1.29, 1.82) is 0 Å². The Bertz CT molecular complexity index is 763. The van der Waals surface area contributed by atoms with Crippen LogP contribution in [0, 0.1) is 5.92 Å². The van der Waals surface area contributed by atoms with Crippen molar-refractivity contribution in [1.82, 2.24) is 19.4 Å². The molecule has 2 aliphatic rings. The molecule has 1 aliphatic heterocycles. The predicted molar refractivity (Wildman–Crippen MR) is 96.5 cm³/mol. The molecule has 0 unspecified atom stereocenters. The Balaban J connectivity index is 1.62. The number of carbonyl (C=O) groups excluding carboxylic acids is 1. The molecule has 1 saturated heterocycles. The summed E-state index contributed by atoms with van der Waals surface area (Å²) in [6.45, 7) is 5.14. The topological polar surface area (TPSA) is 51.0 Å². The van der Waals surface area contributed by atoms with Crippen molar-refractivity contribution in [3.63, 3.8) is 0 Å². The van der Waals surface area contributed by atoms with Gasteiger partial charge in [-0.05, 0) is 37.8 Å². The maximum Gasteiger partial charge on any atom is 0.226 e. The van der Waals surface area contributed by atoms with Gasteiger partial charge in [-0.3, -0.25) is 9.36 Å². The number of pyridine rings is 1. The Kier molecular flexibility index (Phi) is 4.32. The van der Waals surface area contributed by atoms with Crippen molar-refractivity contribution in [2.45, 2.75) is 57.9 Å². The van der Waals surface area contributed by atoms with E-state index in [1.54, 1.807) is 0 Å². The maximum atomic E-state index is 12.8. The summed E-state index contributed by atoms with van der Waals surface area (Å²) < 4.78 is 2.06. The minimum absolute atomic E-state index is 0.124. The van der Waals surface area contributed by atoms with Crippen LogP contribution in [0.4, 0.5) is 0 Å². The average Bonchev–Trinajstić information content (AvgIpc) is 3.22. The Hall–Kier alpha value is -2.17. The minimum Gasteiger partial charge on any atom is -0.334 e. The lowest BCUT2D eigenvalue weighted by Gasteiger charge is -2.32. The molecule has 5 nitrogen and oxygen atoms in total. The van der Waals surface area contributed by atoms with Crippen LogP contribution >= 0.6 is 0 Å². The van der Waals surface area contributed by atoms with Crippen molar-refractivity contribution in [3.8, 4) is 5.82 Å². The van der Waals surface area contributed by atoms with E-state index in [1.807, 2.05) is 24.5 Å². The van der Waals surface area contributed by atoms with Gasteiger partial charge in [-0.1, -0.05) is 26.3 Å². The lowest BCUT2D eigenvalue weighted by atomic mass is 9.84. The average molecular weight is 338 g/mol. The monoisotopic (exact) mass is 338 g/mol. The molecule has 4 rings (SSSR count). The van der Waals surface area contributed by atoms with E-state index in [1.165, 1.54) is 6.42 Å². The molecule has 2 aromatic rings. The fraction of sp³-hybridized carbons (Fsp3) is 0.550. The molecule has 25 heavy (non-hydrogen) atoms. The van der Waals surface area contributed by atoms with Gasteiger partial charge < -0.3 is 4.90 Å². The van der Waals surface area contributed by atoms with Gasteiger partial charge in [0.1, 0.15) is 11.6 Å². The molecule has 1 amide bonds. The molecule has 0 N–H and O–H groups in total. The van der Waals surface area contributed by atoms with Crippen LogP contribution in [0.5, 0.6) is 0 Å². The lowest BCUT2D eigenvalue weighted by molar-refractivity contribution is -0.139. The van der Waals surface area contributed by atoms with E-state index in [9.17, 15) is 4.79 Å². The van der Waals surface area contributed by atoms with Crippen LogP contribution in [-0.2, 0) is 4.79 Å². The van der Waals surface area contributed by atoms with Crippen molar-refractivity contribution in [2.75, 3.05) is 6.54 Å². The molecule has 0 bridgehead atoms. The van der Waals surface area contributed by atoms with Gasteiger partial charge in [-0.15, -0.1) is 0 Å². The third-order valence-corrected chi connectivity index (χ3v) is 5.52. The lowest BCUT2D eigenvalue weighted by Crippen LogP contribution is -2.38. The van der Waals surface area contributed by atoms with Crippen molar-refractivity contribution < 1.29 is 4.79 Å². The minimum atomic E-state index is 0.124. The second kappa shape index (κ2) is 6.62. The number of rotatable bonds is 4. The molecule has 1 atom stereocenters. The van der Waals surface area contributed by atoms with Crippen LogP contribution < -0.4 is 0 Å². The zero-order chi connectivity index (χ0) is 17.4. The zero-order valence-corrected chi connectivity index (χ0v) is 15.1. The first-order valence-electron chi connectivity index (χ1n) is 9.46. The van der Waals surface area contributed by atoms with Gasteiger partial charge >= 0.3 is 0 Å². The standard InChI is InChI=1S/C20H26N4O/c1-14(2)19-21-11-13-24(19)18-10-4-8-16(22-18)17-9-5-12-23(17)20(25)15-6-3-7-15/h4,8,10-11,13-15,17H,3,5-7,9,12H2,1-2H3/t17-/m1/s1. The number of nitrogens with zero attached hydrogens (tertiary/aromatic N) is 4. The highest BCUT2D eigenvalue weighted by atomic mass is 16.2. The number of aromatic nitrogens is 3. The number of imidazole rings is 1. The normalized spacial score (nSPS) is 20.9. The number of hydrogen-bond donors (Lipinski definition) is 0. The van der Waals surface area contributed by atoms with Crippen LogP contribution in [0.2, 0.25) is 0 Å². The Morgan fingerprint density at radius 2 is 2.04 bits per heavy atom. The molecule has 0 aromatic carbocycles. The van der Waals surface area contributed by atoms with Crippen LogP contribution in [0.1, 0.15) is 69.4 Å². The summed E-state index contributed by atoms with van der Waals surface area (Å²) >= 11 is 0. The van der Waals surface area contributed by atoms with E-state index >= 15 is 0 Å². The highest BCUT2D eigenvalue weighted by Gasteiger charge is 2.36. The highest BCUT2D eigenvalue weighted by molar-refractivity contribution is 5.80. The van der Waals surface area contributed by atoms with Gasteiger partial charge in [-0.25, -0.2) is 9.97 Å². The Labute approximate surface area is 149 Å². The second-order valence-corrected chi connectivity index (χ2v) is 7.55. The van der Waals surface area contributed by atoms with Gasteiger partial charge in [0.05, 0.1) is 11.7 Å². The number of likely N-dealkylation sites (tertiary alicyclic amines) is 1. The summed E-state index contributed by atoms with van der Waals surface area (Å²) in [5, 5.41) is 0. The predicted octanol–water partition coefficient (Wildman–Crippen LogP) is 3.85. The van der Waals surface area contributed by atoms with Crippen LogP contribution in [0.25, 0.3) is 5.82 Å². The fourth-order valence-corrected chi connectivity index (χ4v) is 3.92. The summed E-state index contributed by atoms with van der Waals surface area (Å²) in [5.41, 5.74) is 1.01. The molecule has 0 spiro atoms. The second-order valence-electron chi connectivity index (χ2n) is 7.55. The van der Waals surface area contributed by atoms with Crippen LogP contribution in [0.15, 0.2) is 30.6 Å². The third-order valence-electron chi connectivity index (χ3n) is 5.52. The first-order valence-corrected chi connectivity index (χ1v) is 9.46. The maximum absolute atomic E-state index is 12.8. The molecule has 3 heterocycles. The number of carbonyl (C=O) groups is 1. The van der Waals surface area contributed by atoms with Gasteiger partial charge in [0, 0.05) is 30.8 Å². The Morgan fingerprint density at radius 1 is 1.20 bits per heavy atom. The van der Waals surface area contributed by atoms with Gasteiger partial charge in [-0.2, -0.15) is 0 Å². The molecule has 1 aliphatic carbocycles. The molecule has 2 fully saturated rings. The summed E-state index contributed by atoms with van der Waals surface area (Å²) in [6.07, 6.45) is 9.18. The van der Waals surface area contributed by atoms with E-state index in [0.29, 0.717) is 11.8 Å². The fourth-order valence-electron chi connectivity index (χ4n) is 3.92. The van der Waals surface area contributed by atoms with Crippen LogP contribution in [0.3, 0.4) is 0 Å². The van der Waals surface area contributed by atoms with E-state index < -0.39 is 0 Å². The molecule has 0 radical (unpaired) electrons. The SMILES string of the molecule is CC(C)c1nccn1-c1cccc([C@H]2CCCN2C(=O)C2CCC2)n1. The van der Waals surface area contributed by atoms with Crippen molar-refractivity contribution in [3.05, 3.63) is 42.1 Å². The number of amides is 1. The largest absolute Gasteiger partial charge is 0.334 e. The molecule has 2 aromatic heterocycles. The molecular formula is C20H26N4O.